The Hall–Kier alpha value is -2.51. The molecule has 0 spiro atoms. The maximum atomic E-state index is 4.64. The molecule has 3 aromatic rings. The van der Waals surface area contributed by atoms with Crippen LogP contribution in [0.3, 0.4) is 0 Å². The number of hydrogen-bond acceptors (Lipinski definition) is 6. The Morgan fingerprint density at radius 2 is 2.05 bits per heavy atom. The number of aromatic amines is 1. The van der Waals surface area contributed by atoms with Crippen molar-refractivity contribution in [1.82, 2.24) is 35.0 Å². The molecule has 0 bridgehead atoms. The van der Waals surface area contributed by atoms with E-state index in [4.69, 9.17) is 0 Å². The second-order valence-corrected chi connectivity index (χ2v) is 4.65. The third kappa shape index (κ3) is 3.05. The standard InChI is InChI=1S/C12H16N8.C2H6/c1-4-9-5-11-17-15-8(2)20(11)18-12(9)19(3)6-10-13-7-14-16-10;1-2/h5,7H,4,6H2,1-3H3,(H,13,14,16);1-2H3. The molecule has 0 saturated heterocycles. The molecule has 0 unspecified atom stereocenters. The maximum absolute atomic E-state index is 4.64. The van der Waals surface area contributed by atoms with E-state index >= 15 is 0 Å². The highest BCUT2D eigenvalue weighted by atomic mass is 15.4. The summed E-state index contributed by atoms with van der Waals surface area (Å²) >= 11 is 0. The van der Waals surface area contributed by atoms with Crippen molar-refractivity contribution in [1.29, 1.82) is 0 Å². The van der Waals surface area contributed by atoms with Gasteiger partial charge in [0.25, 0.3) is 0 Å². The molecule has 0 aromatic carbocycles. The number of hydrogen-bond donors (Lipinski definition) is 1. The Kier molecular flexibility index (Phi) is 5.03. The van der Waals surface area contributed by atoms with Gasteiger partial charge in [-0.25, -0.2) is 4.98 Å². The first kappa shape index (κ1) is 15.9. The summed E-state index contributed by atoms with van der Waals surface area (Å²) in [6.45, 7) is 8.61. The molecule has 118 valence electrons. The minimum atomic E-state index is 0.618. The van der Waals surface area contributed by atoms with E-state index in [0.717, 1.165) is 35.1 Å². The number of anilines is 1. The molecule has 8 nitrogen and oxygen atoms in total. The van der Waals surface area contributed by atoms with Crippen LogP contribution in [0, 0.1) is 6.92 Å². The Morgan fingerprint density at radius 1 is 1.27 bits per heavy atom. The molecule has 0 aliphatic carbocycles. The predicted octanol–water partition coefficient (Wildman–Crippen LogP) is 1.78. The molecule has 22 heavy (non-hydrogen) atoms. The lowest BCUT2D eigenvalue weighted by molar-refractivity contribution is 0.780. The molecule has 1 N–H and O–H groups in total. The molecule has 0 fully saturated rings. The van der Waals surface area contributed by atoms with Gasteiger partial charge in [0, 0.05) is 7.05 Å². The smallest absolute Gasteiger partial charge is 0.178 e. The Morgan fingerprint density at radius 3 is 2.68 bits per heavy atom. The van der Waals surface area contributed by atoms with Crippen LogP contribution in [0.25, 0.3) is 5.65 Å². The van der Waals surface area contributed by atoms with Crippen molar-refractivity contribution in [3.8, 4) is 0 Å². The fourth-order valence-corrected chi connectivity index (χ4v) is 2.16. The van der Waals surface area contributed by atoms with Gasteiger partial charge in [0.15, 0.2) is 17.3 Å². The molecule has 0 aliphatic heterocycles. The third-order valence-electron chi connectivity index (χ3n) is 3.20. The molecule has 0 atom stereocenters. The average Bonchev–Trinajstić information content (AvgIpc) is 3.18. The maximum Gasteiger partial charge on any atom is 0.178 e. The van der Waals surface area contributed by atoms with Crippen molar-refractivity contribution < 1.29 is 0 Å². The van der Waals surface area contributed by atoms with Gasteiger partial charge in [-0.3, -0.25) is 5.10 Å². The highest BCUT2D eigenvalue weighted by Crippen LogP contribution is 2.20. The highest BCUT2D eigenvalue weighted by Gasteiger charge is 2.14. The van der Waals surface area contributed by atoms with E-state index in [1.54, 1.807) is 4.52 Å². The zero-order valence-corrected chi connectivity index (χ0v) is 13.7. The van der Waals surface area contributed by atoms with E-state index in [9.17, 15) is 0 Å². The zero-order chi connectivity index (χ0) is 16.1. The van der Waals surface area contributed by atoms with Crippen LogP contribution in [0.5, 0.6) is 0 Å². The van der Waals surface area contributed by atoms with Crippen molar-refractivity contribution in [2.24, 2.45) is 0 Å². The zero-order valence-electron chi connectivity index (χ0n) is 13.7. The van der Waals surface area contributed by atoms with Crippen molar-refractivity contribution in [3.63, 3.8) is 0 Å². The lowest BCUT2D eigenvalue weighted by Crippen LogP contribution is -2.21. The summed E-state index contributed by atoms with van der Waals surface area (Å²) in [5.41, 5.74) is 1.91. The number of fused-ring (bicyclic) bond motifs is 1. The molecule has 0 saturated carbocycles. The van der Waals surface area contributed by atoms with Crippen LogP contribution < -0.4 is 4.90 Å². The number of aryl methyl sites for hydroxylation is 2. The number of nitrogens with zero attached hydrogens (tertiary/aromatic N) is 7. The summed E-state index contributed by atoms with van der Waals surface area (Å²) in [4.78, 5) is 6.18. The molecular weight excluding hydrogens is 280 g/mol. The van der Waals surface area contributed by atoms with Gasteiger partial charge in [0.05, 0.1) is 6.54 Å². The molecule has 3 aromatic heterocycles. The van der Waals surface area contributed by atoms with Crippen molar-refractivity contribution in [3.05, 3.63) is 29.6 Å². The van der Waals surface area contributed by atoms with E-state index in [1.807, 2.05) is 38.8 Å². The summed E-state index contributed by atoms with van der Waals surface area (Å²) in [5, 5.41) is 19.5. The molecule has 0 radical (unpaired) electrons. The van der Waals surface area contributed by atoms with E-state index in [-0.39, 0.29) is 0 Å². The number of nitrogens with one attached hydrogen (secondary N) is 1. The Bertz CT molecular complexity index is 716. The number of aromatic nitrogens is 7. The van der Waals surface area contributed by atoms with Crippen molar-refractivity contribution in [2.45, 2.75) is 40.7 Å². The minimum Gasteiger partial charge on any atom is -0.350 e. The Balaban J connectivity index is 0.000000847. The quantitative estimate of drug-likeness (QED) is 0.790. The summed E-state index contributed by atoms with van der Waals surface area (Å²) < 4.78 is 1.76. The normalized spacial score (nSPS) is 10.4. The van der Waals surface area contributed by atoms with Crippen LogP contribution >= 0.6 is 0 Å². The molecule has 8 heteroatoms. The van der Waals surface area contributed by atoms with Gasteiger partial charge in [-0.1, -0.05) is 20.8 Å². The summed E-state index contributed by atoms with van der Waals surface area (Å²) in [7, 11) is 1.98. The Labute approximate surface area is 129 Å². The second kappa shape index (κ2) is 6.97. The fourth-order valence-electron chi connectivity index (χ4n) is 2.16. The van der Waals surface area contributed by atoms with Crippen LogP contribution in [0.4, 0.5) is 5.82 Å². The van der Waals surface area contributed by atoms with E-state index < -0.39 is 0 Å². The highest BCUT2D eigenvalue weighted by molar-refractivity contribution is 5.52. The summed E-state index contributed by atoms with van der Waals surface area (Å²) in [5.74, 6) is 2.48. The van der Waals surface area contributed by atoms with Crippen molar-refractivity contribution in [2.75, 3.05) is 11.9 Å². The third-order valence-corrected chi connectivity index (χ3v) is 3.20. The first-order valence-corrected chi connectivity index (χ1v) is 7.46. The monoisotopic (exact) mass is 302 g/mol. The van der Waals surface area contributed by atoms with Crippen LogP contribution in [0.1, 0.15) is 38.0 Å². The minimum absolute atomic E-state index is 0.618. The lowest BCUT2D eigenvalue weighted by atomic mass is 10.2. The number of H-pyrrole nitrogens is 1. The van der Waals surface area contributed by atoms with E-state index in [0.29, 0.717) is 6.54 Å². The van der Waals surface area contributed by atoms with Gasteiger partial charge in [-0.05, 0) is 25.0 Å². The average molecular weight is 302 g/mol. The summed E-state index contributed by atoms with van der Waals surface area (Å²) in [6.07, 6.45) is 2.38. The first-order valence-electron chi connectivity index (χ1n) is 7.46. The van der Waals surface area contributed by atoms with Crippen LogP contribution in [-0.2, 0) is 13.0 Å². The van der Waals surface area contributed by atoms with Crippen molar-refractivity contribution >= 4 is 11.5 Å². The van der Waals surface area contributed by atoms with Gasteiger partial charge in [0.2, 0.25) is 0 Å². The van der Waals surface area contributed by atoms with E-state index in [1.165, 1.54) is 6.33 Å². The summed E-state index contributed by atoms with van der Waals surface area (Å²) in [6, 6.07) is 2.03. The van der Waals surface area contributed by atoms with Gasteiger partial charge < -0.3 is 4.90 Å². The van der Waals surface area contributed by atoms with Crippen LogP contribution in [0.2, 0.25) is 0 Å². The van der Waals surface area contributed by atoms with Crippen LogP contribution in [0.15, 0.2) is 12.4 Å². The fraction of sp³-hybridized carbons (Fsp3) is 0.500. The molecule has 0 amide bonds. The molecule has 0 aliphatic rings. The molecule has 3 heterocycles. The predicted molar refractivity (Wildman–Crippen MR) is 84.7 cm³/mol. The SMILES string of the molecule is CC.CCc1cc2nnc(C)n2nc1N(C)Cc1ncn[nH]1. The van der Waals surface area contributed by atoms with Gasteiger partial charge in [-0.15, -0.1) is 15.3 Å². The lowest BCUT2D eigenvalue weighted by Gasteiger charge is -2.19. The first-order chi connectivity index (χ1) is 10.7. The molecular formula is C14H22N8. The topological polar surface area (TPSA) is 87.9 Å². The van der Waals surface area contributed by atoms with E-state index in [2.05, 4.69) is 37.4 Å². The van der Waals surface area contributed by atoms with Gasteiger partial charge >= 0.3 is 0 Å². The van der Waals surface area contributed by atoms with Gasteiger partial charge in [-0.2, -0.15) is 9.61 Å². The second-order valence-electron chi connectivity index (χ2n) is 4.65. The van der Waals surface area contributed by atoms with Crippen LogP contribution in [-0.4, -0.2) is 42.0 Å². The van der Waals surface area contributed by atoms with Gasteiger partial charge in [0.1, 0.15) is 12.2 Å². The number of rotatable bonds is 4. The largest absolute Gasteiger partial charge is 0.350 e. The molecule has 3 rings (SSSR count).